The van der Waals surface area contributed by atoms with Gasteiger partial charge in [0.1, 0.15) is 6.04 Å². The molecule has 6 nitrogen and oxygen atoms in total. The largest absolute Gasteiger partial charge is 0.480 e. The van der Waals surface area contributed by atoms with Gasteiger partial charge in [0, 0.05) is 24.9 Å². The summed E-state index contributed by atoms with van der Waals surface area (Å²) in [6.07, 6.45) is 6.47. The van der Waals surface area contributed by atoms with Crippen LogP contribution in [0.25, 0.3) is 0 Å². The van der Waals surface area contributed by atoms with E-state index in [-0.39, 0.29) is 23.7 Å². The number of nitrogens with one attached hydrogen (secondary N) is 1. The molecule has 1 aliphatic carbocycles. The monoisotopic (exact) mass is 324 g/mol. The summed E-state index contributed by atoms with van der Waals surface area (Å²) < 4.78 is 0. The first kappa shape index (κ1) is 17.8. The first-order valence-corrected chi connectivity index (χ1v) is 8.86. The Morgan fingerprint density at radius 2 is 1.70 bits per heavy atom. The van der Waals surface area contributed by atoms with Crippen molar-refractivity contribution >= 4 is 17.8 Å². The number of likely N-dealkylation sites (tertiary alicyclic amines) is 1. The number of carboxylic acid groups (broad SMARTS) is 1. The van der Waals surface area contributed by atoms with Crippen molar-refractivity contribution in [1.29, 1.82) is 0 Å². The number of rotatable bonds is 6. The lowest BCUT2D eigenvalue weighted by Gasteiger charge is -2.33. The van der Waals surface area contributed by atoms with Gasteiger partial charge in [0.25, 0.3) is 0 Å². The lowest BCUT2D eigenvalue weighted by atomic mass is 9.77. The molecule has 0 aromatic heterocycles. The van der Waals surface area contributed by atoms with Gasteiger partial charge in [-0.1, -0.05) is 26.2 Å². The fourth-order valence-electron chi connectivity index (χ4n) is 3.74. The van der Waals surface area contributed by atoms with Gasteiger partial charge in [0.2, 0.25) is 11.8 Å². The van der Waals surface area contributed by atoms with Crippen LogP contribution >= 0.6 is 0 Å². The summed E-state index contributed by atoms with van der Waals surface area (Å²) in [7, 11) is 0. The molecule has 0 aromatic carbocycles. The third-order valence-corrected chi connectivity index (χ3v) is 5.03. The Morgan fingerprint density at radius 1 is 1.09 bits per heavy atom. The zero-order valence-corrected chi connectivity index (χ0v) is 13.9. The SMILES string of the molecule is CCCC(NC(=O)C1CCCCC1C(=O)N1CCCC1)C(=O)O. The molecule has 6 heteroatoms. The van der Waals surface area contributed by atoms with E-state index >= 15 is 0 Å². The van der Waals surface area contributed by atoms with E-state index in [4.69, 9.17) is 0 Å². The number of carboxylic acids is 1. The van der Waals surface area contributed by atoms with Gasteiger partial charge < -0.3 is 15.3 Å². The minimum absolute atomic E-state index is 0.0877. The molecular weight excluding hydrogens is 296 g/mol. The molecule has 2 fully saturated rings. The predicted octanol–water partition coefficient (Wildman–Crippen LogP) is 1.78. The van der Waals surface area contributed by atoms with Crippen molar-refractivity contribution in [1.82, 2.24) is 10.2 Å². The van der Waals surface area contributed by atoms with E-state index < -0.39 is 12.0 Å². The van der Waals surface area contributed by atoms with E-state index in [1.807, 2.05) is 11.8 Å². The van der Waals surface area contributed by atoms with Gasteiger partial charge in [0.05, 0.1) is 0 Å². The molecule has 0 bridgehead atoms. The summed E-state index contributed by atoms with van der Waals surface area (Å²) in [5.41, 5.74) is 0. The molecule has 1 aliphatic heterocycles. The van der Waals surface area contributed by atoms with Crippen molar-refractivity contribution < 1.29 is 19.5 Å². The molecule has 23 heavy (non-hydrogen) atoms. The molecule has 130 valence electrons. The van der Waals surface area contributed by atoms with Crippen LogP contribution in [0, 0.1) is 11.8 Å². The number of amides is 2. The Morgan fingerprint density at radius 3 is 2.26 bits per heavy atom. The zero-order valence-electron chi connectivity index (χ0n) is 13.9. The van der Waals surface area contributed by atoms with E-state index in [9.17, 15) is 19.5 Å². The molecule has 2 rings (SSSR count). The lowest BCUT2D eigenvalue weighted by molar-refractivity contribution is -0.146. The molecule has 1 heterocycles. The minimum Gasteiger partial charge on any atom is -0.480 e. The highest BCUT2D eigenvalue weighted by Gasteiger charge is 2.39. The molecule has 0 radical (unpaired) electrons. The highest BCUT2D eigenvalue weighted by atomic mass is 16.4. The Kier molecular flexibility index (Phi) is 6.42. The number of nitrogens with zero attached hydrogens (tertiary/aromatic N) is 1. The maximum Gasteiger partial charge on any atom is 0.326 e. The molecule has 3 unspecified atom stereocenters. The molecule has 2 amide bonds. The van der Waals surface area contributed by atoms with Crippen LogP contribution in [0.4, 0.5) is 0 Å². The lowest BCUT2D eigenvalue weighted by Crippen LogP contribution is -2.49. The Balaban J connectivity index is 2.02. The molecule has 1 saturated heterocycles. The van der Waals surface area contributed by atoms with E-state index in [1.165, 1.54) is 0 Å². The molecular formula is C17H28N2O4. The summed E-state index contributed by atoms with van der Waals surface area (Å²) in [5.74, 6) is -1.83. The Hall–Kier alpha value is -1.59. The van der Waals surface area contributed by atoms with Crippen LogP contribution in [0.2, 0.25) is 0 Å². The fraction of sp³-hybridized carbons (Fsp3) is 0.824. The number of hydrogen-bond donors (Lipinski definition) is 2. The first-order valence-electron chi connectivity index (χ1n) is 8.86. The van der Waals surface area contributed by atoms with Crippen LogP contribution in [0.15, 0.2) is 0 Å². The second-order valence-corrected chi connectivity index (χ2v) is 6.72. The molecule has 0 aromatic rings. The van der Waals surface area contributed by atoms with Crippen LogP contribution < -0.4 is 5.32 Å². The quantitative estimate of drug-likeness (QED) is 0.780. The second kappa shape index (κ2) is 8.31. The van der Waals surface area contributed by atoms with Crippen molar-refractivity contribution in [3.8, 4) is 0 Å². The zero-order chi connectivity index (χ0) is 16.8. The number of carbonyl (C=O) groups excluding carboxylic acids is 2. The topological polar surface area (TPSA) is 86.7 Å². The maximum absolute atomic E-state index is 12.7. The smallest absolute Gasteiger partial charge is 0.326 e. The van der Waals surface area contributed by atoms with Crippen LogP contribution in [-0.4, -0.2) is 46.9 Å². The van der Waals surface area contributed by atoms with Crippen molar-refractivity contribution in [2.45, 2.75) is 64.3 Å². The van der Waals surface area contributed by atoms with Gasteiger partial charge in [-0.05, 0) is 32.1 Å². The van der Waals surface area contributed by atoms with Gasteiger partial charge in [-0.3, -0.25) is 9.59 Å². The third kappa shape index (κ3) is 4.45. The summed E-state index contributed by atoms with van der Waals surface area (Å²) in [6.45, 7) is 3.47. The first-order chi connectivity index (χ1) is 11.0. The highest BCUT2D eigenvalue weighted by molar-refractivity contribution is 5.90. The number of carbonyl (C=O) groups is 3. The molecule has 0 spiro atoms. The van der Waals surface area contributed by atoms with Gasteiger partial charge in [-0.25, -0.2) is 4.79 Å². The van der Waals surface area contributed by atoms with Crippen molar-refractivity contribution in [3.05, 3.63) is 0 Å². The van der Waals surface area contributed by atoms with Crippen LogP contribution in [0.5, 0.6) is 0 Å². The van der Waals surface area contributed by atoms with Crippen molar-refractivity contribution in [3.63, 3.8) is 0 Å². The summed E-state index contributed by atoms with van der Waals surface area (Å²) in [5, 5.41) is 11.9. The van der Waals surface area contributed by atoms with Crippen molar-refractivity contribution in [2.24, 2.45) is 11.8 Å². The Bertz CT molecular complexity index is 446. The fourth-order valence-corrected chi connectivity index (χ4v) is 3.74. The van der Waals surface area contributed by atoms with Gasteiger partial charge >= 0.3 is 5.97 Å². The number of hydrogen-bond acceptors (Lipinski definition) is 3. The standard InChI is InChI=1S/C17H28N2O4/c1-2-7-14(17(22)23)18-15(20)12-8-3-4-9-13(12)16(21)19-10-5-6-11-19/h12-14H,2-11H2,1H3,(H,18,20)(H,22,23). The second-order valence-electron chi connectivity index (χ2n) is 6.72. The van der Waals surface area contributed by atoms with Crippen LogP contribution in [-0.2, 0) is 14.4 Å². The summed E-state index contributed by atoms with van der Waals surface area (Å²) in [4.78, 5) is 38.4. The predicted molar refractivity (Wildman–Crippen MR) is 85.7 cm³/mol. The van der Waals surface area contributed by atoms with E-state index in [2.05, 4.69) is 5.32 Å². The van der Waals surface area contributed by atoms with Crippen molar-refractivity contribution in [2.75, 3.05) is 13.1 Å². The average Bonchev–Trinajstić information content (AvgIpc) is 3.08. The molecule has 2 N–H and O–H groups in total. The average molecular weight is 324 g/mol. The third-order valence-electron chi connectivity index (χ3n) is 5.03. The van der Waals surface area contributed by atoms with Crippen LogP contribution in [0.1, 0.15) is 58.3 Å². The Labute approximate surface area is 137 Å². The van der Waals surface area contributed by atoms with Gasteiger partial charge in [0.15, 0.2) is 0 Å². The normalized spacial score (nSPS) is 25.9. The van der Waals surface area contributed by atoms with E-state index in [0.29, 0.717) is 19.3 Å². The van der Waals surface area contributed by atoms with Gasteiger partial charge in [-0.2, -0.15) is 0 Å². The van der Waals surface area contributed by atoms with Crippen LogP contribution in [0.3, 0.4) is 0 Å². The minimum atomic E-state index is -1.00. The van der Waals surface area contributed by atoms with E-state index in [0.717, 1.165) is 45.2 Å². The highest BCUT2D eigenvalue weighted by Crippen LogP contribution is 2.32. The van der Waals surface area contributed by atoms with E-state index in [1.54, 1.807) is 0 Å². The summed E-state index contributed by atoms with van der Waals surface area (Å²) in [6, 6.07) is -0.850. The van der Waals surface area contributed by atoms with Gasteiger partial charge in [-0.15, -0.1) is 0 Å². The number of aliphatic carboxylic acids is 1. The molecule has 2 aliphatic rings. The molecule has 3 atom stereocenters. The maximum atomic E-state index is 12.7. The summed E-state index contributed by atoms with van der Waals surface area (Å²) >= 11 is 0. The molecule has 1 saturated carbocycles.